The van der Waals surface area contributed by atoms with Gasteiger partial charge in [0.2, 0.25) is 0 Å². The van der Waals surface area contributed by atoms with Crippen LogP contribution in [-0.4, -0.2) is 42.9 Å². The number of halogens is 1. The fourth-order valence-electron chi connectivity index (χ4n) is 3.72. The molecule has 0 radical (unpaired) electrons. The average molecular weight is 417 g/mol. The van der Waals surface area contributed by atoms with E-state index in [1.807, 2.05) is 49.4 Å². The standard InChI is InChI=1S/C25H24FN3O2/c1-18-5-4-6-19(17-18)24(30)27-20-9-11-21(12-10-20)28-13-15-29(16-14-28)25(31)22-7-2-3-8-23(22)26/h2-12,17H,13-16H2,1H3,(H,27,30). The summed E-state index contributed by atoms with van der Waals surface area (Å²) in [5.41, 5.74) is 3.52. The van der Waals surface area contributed by atoms with E-state index < -0.39 is 5.82 Å². The molecule has 31 heavy (non-hydrogen) atoms. The molecule has 5 nitrogen and oxygen atoms in total. The summed E-state index contributed by atoms with van der Waals surface area (Å²) < 4.78 is 13.9. The summed E-state index contributed by atoms with van der Waals surface area (Å²) in [5, 5.41) is 2.92. The summed E-state index contributed by atoms with van der Waals surface area (Å²) in [6, 6.07) is 21.2. The molecule has 1 saturated heterocycles. The Balaban J connectivity index is 1.35. The van der Waals surface area contributed by atoms with Crippen LogP contribution in [0.4, 0.5) is 15.8 Å². The SMILES string of the molecule is Cc1cccc(C(=O)Nc2ccc(N3CCN(C(=O)c4ccccc4F)CC3)cc2)c1. The fraction of sp³-hybridized carbons (Fsp3) is 0.200. The molecule has 0 saturated carbocycles. The molecular weight excluding hydrogens is 393 g/mol. The van der Waals surface area contributed by atoms with Crippen LogP contribution in [0.5, 0.6) is 0 Å². The number of amides is 2. The van der Waals surface area contributed by atoms with Crippen LogP contribution in [0, 0.1) is 12.7 Å². The van der Waals surface area contributed by atoms with Crippen LogP contribution in [0.3, 0.4) is 0 Å². The molecule has 6 heteroatoms. The third-order valence-electron chi connectivity index (χ3n) is 5.44. The third-order valence-corrected chi connectivity index (χ3v) is 5.44. The summed E-state index contributed by atoms with van der Waals surface area (Å²) >= 11 is 0. The molecule has 3 aromatic carbocycles. The number of hydrogen-bond donors (Lipinski definition) is 1. The largest absolute Gasteiger partial charge is 0.368 e. The Morgan fingerprint density at radius 1 is 0.871 bits per heavy atom. The normalized spacial score (nSPS) is 13.7. The van der Waals surface area contributed by atoms with Crippen molar-refractivity contribution in [2.24, 2.45) is 0 Å². The van der Waals surface area contributed by atoms with Crippen molar-refractivity contribution in [3.63, 3.8) is 0 Å². The number of benzene rings is 3. The van der Waals surface area contributed by atoms with Crippen LogP contribution in [-0.2, 0) is 0 Å². The molecule has 0 atom stereocenters. The maximum Gasteiger partial charge on any atom is 0.256 e. The molecule has 0 unspecified atom stereocenters. The van der Waals surface area contributed by atoms with Gasteiger partial charge in [0, 0.05) is 43.1 Å². The van der Waals surface area contributed by atoms with Crippen molar-refractivity contribution in [1.29, 1.82) is 0 Å². The average Bonchev–Trinajstić information content (AvgIpc) is 2.79. The van der Waals surface area contributed by atoms with Gasteiger partial charge in [-0.1, -0.05) is 29.8 Å². The van der Waals surface area contributed by atoms with E-state index in [9.17, 15) is 14.0 Å². The van der Waals surface area contributed by atoms with Crippen LogP contribution < -0.4 is 10.2 Å². The van der Waals surface area contributed by atoms with E-state index in [0.717, 1.165) is 16.9 Å². The van der Waals surface area contributed by atoms with Gasteiger partial charge in [-0.15, -0.1) is 0 Å². The van der Waals surface area contributed by atoms with Crippen molar-refractivity contribution in [2.75, 3.05) is 36.4 Å². The number of aryl methyl sites for hydroxylation is 1. The zero-order chi connectivity index (χ0) is 21.8. The first-order valence-corrected chi connectivity index (χ1v) is 10.3. The van der Waals surface area contributed by atoms with Crippen LogP contribution >= 0.6 is 0 Å². The molecule has 0 aliphatic carbocycles. The van der Waals surface area contributed by atoms with Gasteiger partial charge in [0.05, 0.1) is 5.56 Å². The summed E-state index contributed by atoms with van der Waals surface area (Å²) in [5.74, 6) is -0.901. The highest BCUT2D eigenvalue weighted by atomic mass is 19.1. The van der Waals surface area contributed by atoms with Gasteiger partial charge in [0.1, 0.15) is 5.82 Å². The van der Waals surface area contributed by atoms with Crippen molar-refractivity contribution < 1.29 is 14.0 Å². The molecular formula is C25H24FN3O2. The Labute approximate surface area is 181 Å². The predicted molar refractivity (Wildman–Crippen MR) is 120 cm³/mol. The fourth-order valence-corrected chi connectivity index (χ4v) is 3.72. The predicted octanol–water partition coefficient (Wildman–Crippen LogP) is 4.35. The Morgan fingerprint density at radius 3 is 2.26 bits per heavy atom. The van der Waals surface area contributed by atoms with Crippen molar-refractivity contribution >= 4 is 23.2 Å². The minimum Gasteiger partial charge on any atom is -0.368 e. The number of hydrogen-bond acceptors (Lipinski definition) is 3. The van der Waals surface area contributed by atoms with Gasteiger partial charge in [0.25, 0.3) is 11.8 Å². The number of carbonyl (C=O) groups is 2. The summed E-state index contributed by atoms with van der Waals surface area (Å²) in [6.07, 6.45) is 0. The number of carbonyl (C=O) groups excluding carboxylic acids is 2. The Kier molecular flexibility index (Phi) is 5.98. The second-order valence-electron chi connectivity index (χ2n) is 7.63. The Morgan fingerprint density at radius 2 is 1.58 bits per heavy atom. The minimum absolute atomic E-state index is 0.115. The van der Waals surface area contributed by atoms with E-state index in [-0.39, 0.29) is 17.4 Å². The molecule has 1 N–H and O–H groups in total. The quantitative estimate of drug-likeness (QED) is 0.687. The zero-order valence-corrected chi connectivity index (χ0v) is 17.3. The smallest absolute Gasteiger partial charge is 0.256 e. The van der Waals surface area contributed by atoms with Crippen molar-refractivity contribution in [2.45, 2.75) is 6.92 Å². The van der Waals surface area contributed by atoms with Crippen LogP contribution in [0.15, 0.2) is 72.8 Å². The second kappa shape index (κ2) is 9.00. The number of piperazine rings is 1. The summed E-state index contributed by atoms with van der Waals surface area (Å²) in [7, 11) is 0. The van der Waals surface area contributed by atoms with Gasteiger partial charge >= 0.3 is 0 Å². The lowest BCUT2D eigenvalue weighted by molar-refractivity contribution is 0.0742. The van der Waals surface area contributed by atoms with Gasteiger partial charge in [-0.3, -0.25) is 9.59 Å². The lowest BCUT2D eigenvalue weighted by Crippen LogP contribution is -2.49. The highest BCUT2D eigenvalue weighted by Crippen LogP contribution is 2.21. The van der Waals surface area contributed by atoms with E-state index in [1.165, 1.54) is 12.1 Å². The Hall–Kier alpha value is -3.67. The zero-order valence-electron chi connectivity index (χ0n) is 17.3. The first-order valence-electron chi connectivity index (χ1n) is 10.3. The number of nitrogens with zero attached hydrogens (tertiary/aromatic N) is 2. The van der Waals surface area contributed by atoms with Crippen LogP contribution in [0.2, 0.25) is 0 Å². The first kappa shape index (κ1) is 20.6. The van der Waals surface area contributed by atoms with Gasteiger partial charge in [-0.25, -0.2) is 4.39 Å². The van der Waals surface area contributed by atoms with E-state index in [2.05, 4.69) is 10.2 Å². The highest BCUT2D eigenvalue weighted by molar-refractivity contribution is 6.04. The molecule has 4 rings (SSSR count). The molecule has 0 spiro atoms. The number of anilines is 2. The maximum atomic E-state index is 13.9. The topological polar surface area (TPSA) is 52.7 Å². The first-order chi connectivity index (χ1) is 15.0. The number of rotatable bonds is 4. The van der Waals surface area contributed by atoms with Crippen LogP contribution in [0.1, 0.15) is 26.3 Å². The monoisotopic (exact) mass is 417 g/mol. The highest BCUT2D eigenvalue weighted by Gasteiger charge is 2.24. The van der Waals surface area contributed by atoms with Gasteiger partial charge < -0.3 is 15.1 Å². The van der Waals surface area contributed by atoms with Crippen molar-refractivity contribution in [3.8, 4) is 0 Å². The van der Waals surface area contributed by atoms with Gasteiger partial charge in [-0.05, 0) is 55.5 Å². The molecule has 1 aliphatic rings. The minimum atomic E-state index is -0.488. The lowest BCUT2D eigenvalue weighted by Gasteiger charge is -2.36. The lowest BCUT2D eigenvalue weighted by atomic mass is 10.1. The molecule has 1 heterocycles. The third kappa shape index (κ3) is 4.74. The number of nitrogens with one attached hydrogen (secondary N) is 1. The second-order valence-corrected chi connectivity index (χ2v) is 7.63. The van der Waals surface area contributed by atoms with Gasteiger partial charge in [0.15, 0.2) is 0 Å². The van der Waals surface area contributed by atoms with E-state index >= 15 is 0 Å². The molecule has 0 bridgehead atoms. The molecule has 1 fully saturated rings. The molecule has 2 amide bonds. The summed E-state index contributed by atoms with van der Waals surface area (Å²) in [4.78, 5) is 28.8. The maximum absolute atomic E-state index is 13.9. The van der Waals surface area contributed by atoms with E-state index in [1.54, 1.807) is 23.1 Å². The van der Waals surface area contributed by atoms with Gasteiger partial charge in [-0.2, -0.15) is 0 Å². The van der Waals surface area contributed by atoms with Crippen LogP contribution in [0.25, 0.3) is 0 Å². The molecule has 158 valence electrons. The van der Waals surface area contributed by atoms with Crippen molar-refractivity contribution in [3.05, 3.63) is 95.3 Å². The molecule has 0 aromatic heterocycles. The van der Waals surface area contributed by atoms with E-state index in [4.69, 9.17) is 0 Å². The van der Waals surface area contributed by atoms with E-state index in [0.29, 0.717) is 31.7 Å². The summed E-state index contributed by atoms with van der Waals surface area (Å²) in [6.45, 7) is 4.33. The molecule has 1 aliphatic heterocycles. The Bertz CT molecular complexity index is 1090. The van der Waals surface area contributed by atoms with Crippen molar-refractivity contribution in [1.82, 2.24) is 4.90 Å². The molecule has 3 aromatic rings.